The summed E-state index contributed by atoms with van der Waals surface area (Å²) in [6, 6.07) is -0.123. The fourth-order valence-corrected chi connectivity index (χ4v) is 0.829. The number of aliphatic hydroxyl groups is 1. The molecule has 50 valence electrons. The Labute approximate surface area is 52.7 Å². The summed E-state index contributed by atoms with van der Waals surface area (Å²) in [5.74, 6) is 0. The summed E-state index contributed by atoms with van der Waals surface area (Å²) in [7, 11) is 2.51. The SMILES string of the molecule is CC(P)C(O)[C@@H](C)N. The van der Waals surface area contributed by atoms with Crippen LogP contribution in [0.3, 0.4) is 0 Å². The predicted molar refractivity (Wildman–Crippen MR) is 38.8 cm³/mol. The number of nitrogens with two attached hydrogens (primary N) is 1. The van der Waals surface area contributed by atoms with Gasteiger partial charge in [0.25, 0.3) is 0 Å². The number of hydrogen-bond acceptors (Lipinski definition) is 2. The van der Waals surface area contributed by atoms with E-state index in [1.54, 1.807) is 6.92 Å². The summed E-state index contributed by atoms with van der Waals surface area (Å²) in [6.45, 7) is 3.71. The van der Waals surface area contributed by atoms with E-state index in [9.17, 15) is 0 Å². The lowest BCUT2D eigenvalue weighted by Crippen LogP contribution is -2.36. The minimum atomic E-state index is -0.389. The molecule has 3 heteroatoms. The second kappa shape index (κ2) is 3.39. The second-order valence-corrected chi connectivity index (χ2v) is 3.26. The molecule has 0 saturated heterocycles. The van der Waals surface area contributed by atoms with Gasteiger partial charge in [-0.25, -0.2) is 0 Å². The van der Waals surface area contributed by atoms with Crippen LogP contribution in [0.1, 0.15) is 13.8 Å². The van der Waals surface area contributed by atoms with Crippen LogP contribution in [-0.2, 0) is 0 Å². The summed E-state index contributed by atoms with van der Waals surface area (Å²) in [4.78, 5) is 0. The lowest BCUT2D eigenvalue weighted by molar-refractivity contribution is 0.152. The summed E-state index contributed by atoms with van der Waals surface area (Å²) in [5, 5.41) is 9.06. The lowest BCUT2D eigenvalue weighted by atomic mass is 10.1. The zero-order valence-electron chi connectivity index (χ0n) is 5.33. The van der Waals surface area contributed by atoms with Crippen molar-refractivity contribution < 1.29 is 5.11 Å². The smallest absolute Gasteiger partial charge is 0.0748 e. The molecule has 3 N–H and O–H groups in total. The first-order valence-corrected chi connectivity index (χ1v) is 3.41. The van der Waals surface area contributed by atoms with Gasteiger partial charge in [0.05, 0.1) is 6.10 Å². The topological polar surface area (TPSA) is 46.2 Å². The summed E-state index contributed by atoms with van der Waals surface area (Å²) in [5.41, 5.74) is 5.56. The number of hydrogen-bond donors (Lipinski definition) is 2. The van der Waals surface area contributed by atoms with E-state index in [4.69, 9.17) is 10.8 Å². The van der Waals surface area contributed by atoms with E-state index >= 15 is 0 Å². The molecule has 0 aromatic heterocycles. The summed E-state index contributed by atoms with van der Waals surface area (Å²) in [6.07, 6.45) is -0.389. The number of aliphatic hydroxyl groups excluding tert-OH is 1. The van der Waals surface area contributed by atoms with Crippen LogP contribution in [0.4, 0.5) is 0 Å². The molecule has 4 atom stereocenters. The van der Waals surface area contributed by atoms with Crippen molar-refractivity contribution in [3.05, 3.63) is 0 Å². The van der Waals surface area contributed by atoms with Crippen molar-refractivity contribution in [3.63, 3.8) is 0 Å². The fraction of sp³-hybridized carbons (Fsp3) is 1.00. The molecule has 0 aliphatic rings. The van der Waals surface area contributed by atoms with Crippen molar-refractivity contribution in [2.45, 2.75) is 31.7 Å². The molecule has 2 nitrogen and oxygen atoms in total. The zero-order valence-corrected chi connectivity index (χ0v) is 6.49. The maximum atomic E-state index is 9.06. The highest BCUT2D eigenvalue weighted by Gasteiger charge is 2.12. The molecule has 0 spiro atoms. The first-order valence-electron chi connectivity index (χ1n) is 2.75. The molecule has 0 amide bonds. The Morgan fingerprint density at radius 2 is 1.88 bits per heavy atom. The van der Waals surface area contributed by atoms with Gasteiger partial charge in [-0.05, 0) is 12.6 Å². The Balaban J connectivity index is 3.46. The molecule has 0 saturated carbocycles. The standard InChI is InChI=1S/C5H14NOP/c1-3(6)5(7)4(2)8/h3-5,7H,6,8H2,1-2H3/t3-,4?,5?/m1/s1. The molecular formula is C5H14NOP. The zero-order chi connectivity index (χ0) is 6.73. The molecule has 3 unspecified atom stereocenters. The molecular weight excluding hydrogens is 121 g/mol. The molecule has 8 heavy (non-hydrogen) atoms. The number of rotatable bonds is 2. The van der Waals surface area contributed by atoms with E-state index in [0.717, 1.165) is 0 Å². The third-order valence-corrected chi connectivity index (χ3v) is 1.47. The maximum Gasteiger partial charge on any atom is 0.0748 e. The van der Waals surface area contributed by atoms with E-state index in [0.29, 0.717) is 0 Å². The first-order chi connectivity index (χ1) is 3.55. The molecule has 0 rings (SSSR count). The molecule has 0 heterocycles. The average Bonchev–Trinajstić information content (AvgIpc) is 1.64. The highest BCUT2D eigenvalue weighted by molar-refractivity contribution is 7.17. The van der Waals surface area contributed by atoms with Gasteiger partial charge in [0, 0.05) is 6.04 Å². The van der Waals surface area contributed by atoms with E-state index in [1.807, 2.05) is 6.92 Å². The normalized spacial score (nSPS) is 22.1. The third kappa shape index (κ3) is 2.61. The van der Waals surface area contributed by atoms with Gasteiger partial charge >= 0.3 is 0 Å². The van der Waals surface area contributed by atoms with Crippen LogP contribution >= 0.6 is 9.24 Å². The highest BCUT2D eigenvalue weighted by atomic mass is 31.0. The Hall–Kier alpha value is 0.350. The van der Waals surface area contributed by atoms with Gasteiger partial charge in [-0.15, -0.1) is 9.24 Å². The summed E-state index contributed by atoms with van der Waals surface area (Å²) >= 11 is 0. The average molecular weight is 135 g/mol. The largest absolute Gasteiger partial charge is 0.391 e. The third-order valence-electron chi connectivity index (χ3n) is 1.08. The Bertz CT molecular complexity index is 57.4. The van der Waals surface area contributed by atoms with Crippen molar-refractivity contribution in [1.82, 2.24) is 0 Å². The van der Waals surface area contributed by atoms with Crippen molar-refractivity contribution in [1.29, 1.82) is 0 Å². The molecule has 0 radical (unpaired) electrons. The van der Waals surface area contributed by atoms with Crippen LogP contribution in [-0.4, -0.2) is 22.9 Å². The van der Waals surface area contributed by atoms with Gasteiger partial charge < -0.3 is 10.8 Å². The second-order valence-electron chi connectivity index (χ2n) is 2.21. The Kier molecular flexibility index (Phi) is 3.54. The Morgan fingerprint density at radius 1 is 1.50 bits per heavy atom. The van der Waals surface area contributed by atoms with Gasteiger partial charge in [0.15, 0.2) is 0 Å². The highest BCUT2D eigenvalue weighted by Crippen LogP contribution is 2.06. The van der Waals surface area contributed by atoms with Crippen LogP contribution in [0, 0.1) is 0 Å². The fourth-order valence-electron chi connectivity index (χ4n) is 0.479. The van der Waals surface area contributed by atoms with Crippen LogP contribution < -0.4 is 5.73 Å². The van der Waals surface area contributed by atoms with Crippen LogP contribution in [0.15, 0.2) is 0 Å². The van der Waals surface area contributed by atoms with Gasteiger partial charge in [-0.3, -0.25) is 0 Å². The monoisotopic (exact) mass is 135 g/mol. The first kappa shape index (κ1) is 8.35. The Morgan fingerprint density at radius 3 is 1.88 bits per heavy atom. The van der Waals surface area contributed by atoms with Gasteiger partial charge in [-0.2, -0.15) is 0 Å². The summed E-state index contributed by atoms with van der Waals surface area (Å²) < 4.78 is 0. The van der Waals surface area contributed by atoms with E-state index < -0.39 is 0 Å². The van der Waals surface area contributed by atoms with Crippen LogP contribution in [0.25, 0.3) is 0 Å². The van der Waals surface area contributed by atoms with Crippen molar-refractivity contribution in [3.8, 4) is 0 Å². The molecule has 0 aromatic carbocycles. The van der Waals surface area contributed by atoms with E-state index in [-0.39, 0.29) is 17.8 Å². The minimum Gasteiger partial charge on any atom is -0.391 e. The molecule has 0 aromatic rings. The van der Waals surface area contributed by atoms with Gasteiger partial charge in [0.1, 0.15) is 0 Å². The van der Waals surface area contributed by atoms with Crippen molar-refractivity contribution >= 4 is 9.24 Å². The molecule has 0 fully saturated rings. The van der Waals surface area contributed by atoms with Gasteiger partial charge in [0.2, 0.25) is 0 Å². The van der Waals surface area contributed by atoms with Crippen molar-refractivity contribution in [2.75, 3.05) is 0 Å². The minimum absolute atomic E-state index is 0.123. The van der Waals surface area contributed by atoms with Crippen LogP contribution in [0.5, 0.6) is 0 Å². The van der Waals surface area contributed by atoms with Crippen molar-refractivity contribution in [2.24, 2.45) is 5.73 Å². The van der Waals surface area contributed by atoms with Gasteiger partial charge in [-0.1, -0.05) is 6.92 Å². The predicted octanol–water partition coefficient (Wildman–Crippen LogP) is -0.0419. The lowest BCUT2D eigenvalue weighted by Gasteiger charge is -2.17. The maximum absolute atomic E-state index is 9.06. The van der Waals surface area contributed by atoms with E-state index in [1.165, 1.54) is 0 Å². The molecule has 0 bridgehead atoms. The molecule has 0 aliphatic heterocycles. The van der Waals surface area contributed by atoms with Crippen LogP contribution in [0.2, 0.25) is 0 Å². The van der Waals surface area contributed by atoms with E-state index in [2.05, 4.69) is 9.24 Å². The quantitative estimate of drug-likeness (QED) is 0.522. The molecule has 0 aliphatic carbocycles.